The van der Waals surface area contributed by atoms with Crippen molar-refractivity contribution >= 4 is 15.9 Å². The summed E-state index contributed by atoms with van der Waals surface area (Å²) in [5.74, 6) is -0.204. The highest BCUT2D eigenvalue weighted by molar-refractivity contribution is 9.10. The molecule has 1 aromatic carbocycles. The van der Waals surface area contributed by atoms with E-state index in [1.54, 1.807) is 0 Å². The smallest absolute Gasteiger partial charge is 0.123 e. The van der Waals surface area contributed by atoms with Gasteiger partial charge in [-0.1, -0.05) is 19.1 Å². The quantitative estimate of drug-likeness (QED) is 0.850. The Kier molecular flexibility index (Phi) is 5.53. The molecule has 0 spiro atoms. The molecule has 0 bridgehead atoms. The second kappa shape index (κ2) is 7.18. The van der Waals surface area contributed by atoms with Gasteiger partial charge in [-0.2, -0.15) is 5.10 Å². The fourth-order valence-corrected chi connectivity index (χ4v) is 2.95. The van der Waals surface area contributed by atoms with Crippen molar-refractivity contribution < 1.29 is 4.39 Å². The van der Waals surface area contributed by atoms with Crippen LogP contribution in [0.3, 0.4) is 0 Å². The summed E-state index contributed by atoms with van der Waals surface area (Å²) in [6.07, 6.45) is 0.814. The Hall–Kier alpha value is -1.20. The summed E-state index contributed by atoms with van der Waals surface area (Å²) in [7, 11) is 0. The van der Waals surface area contributed by atoms with E-state index in [2.05, 4.69) is 40.2 Å². The van der Waals surface area contributed by atoms with Crippen LogP contribution in [0, 0.1) is 12.7 Å². The molecule has 0 saturated heterocycles. The van der Waals surface area contributed by atoms with Gasteiger partial charge < -0.3 is 5.32 Å². The van der Waals surface area contributed by atoms with E-state index in [1.807, 2.05) is 23.7 Å². The molecule has 0 aliphatic heterocycles. The number of rotatable bonds is 6. The van der Waals surface area contributed by atoms with Crippen LogP contribution in [0.25, 0.3) is 0 Å². The predicted molar refractivity (Wildman–Crippen MR) is 86.9 cm³/mol. The van der Waals surface area contributed by atoms with E-state index in [4.69, 9.17) is 0 Å². The fourth-order valence-electron chi connectivity index (χ4n) is 2.51. The Labute approximate surface area is 133 Å². The highest BCUT2D eigenvalue weighted by Crippen LogP contribution is 2.26. The van der Waals surface area contributed by atoms with Crippen molar-refractivity contribution in [1.29, 1.82) is 0 Å². The van der Waals surface area contributed by atoms with Crippen LogP contribution in [0.2, 0.25) is 0 Å². The molecule has 0 fully saturated rings. The largest absolute Gasteiger partial charge is 0.310 e. The first-order valence-corrected chi connectivity index (χ1v) is 8.06. The third-order valence-electron chi connectivity index (χ3n) is 3.57. The summed E-state index contributed by atoms with van der Waals surface area (Å²) >= 11 is 3.63. The second-order valence-electron chi connectivity index (χ2n) is 5.03. The minimum atomic E-state index is -0.204. The highest BCUT2D eigenvalue weighted by atomic mass is 79.9. The first-order valence-electron chi connectivity index (χ1n) is 7.27. The molecule has 21 heavy (non-hydrogen) atoms. The van der Waals surface area contributed by atoms with Crippen LogP contribution >= 0.6 is 15.9 Å². The number of halogens is 2. The maximum Gasteiger partial charge on any atom is 0.123 e. The molecule has 0 radical (unpaired) electrons. The molecule has 0 aliphatic carbocycles. The van der Waals surface area contributed by atoms with Crippen molar-refractivity contribution in [2.75, 3.05) is 6.54 Å². The van der Waals surface area contributed by atoms with Crippen molar-refractivity contribution in [1.82, 2.24) is 15.1 Å². The Morgan fingerprint density at radius 1 is 1.29 bits per heavy atom. The lowest BCUT2D eigenvalue weighted by Crippen LogP contribution is -2.24. The van der Waals surface area contributed by atoms with Gasteiger partial charge in [-0.25, -0.2) is 4.39 Å². The van der Waals surface area contributed by atoms with Crippen LogP contribution in [0.15, 0.2) is 28.7 Å². The van der Waals surface area contributed by atoms with Gasteiger partial charge in [-0.05, 0) is 54.0 Å². The molecular weight excluding hydrogens is 333 g/mol. The van der Waals surface area contributed by atoms with Crippen LogP contribution in [0.4, 0.5) is 4.39 Å². The van der Waals surface area contributed by atoms with E-state index in [0.29, 0.717) is 0 Å². The van der Waals surface area contributed by atoms with E-state index in [0.717, 1.165) is 35.2 Å². The van der Waals surface area contributed by atoms with Gasteiger partial charge in [0.05, 0.1) is 15.9 Å². The van der Waals surface area contributed by atoms with E-state index in [-0.39, 0.29) is 11.9 Å². The van der Waals surface area contributed by atoms with Crippen LogP contribution in [0.1, 0.15) is 36.8 Å². The number of likely N-dealkylation sites (N-methyl/N-ethyl adjacent to an activating group) is 1. The fraction of sp³-hybridized carbons (Fsp3) is 0.438. The average molecular weight is 354 g/mol. The van der Waals surface area contributed by atoms with E-state index < -0.39 is 0 Å². The molecule has 1 unspecified atom stereocenters. The van der Waals surface area contributed by atoms with Gasteiger partial charge in [-0.15, -0.1) is 0 Å². The number of nitrogens with zero attached hydrogens (tertiary/aromatic N) is 2. The predicted octanol–water partition coefficient (Wildman–Crippen LogP) is 4.01. The SMILES string of the molecule is CCNC(Cc1c(Br)c(C)nn1CC)c1ccc(F)cc1. The number of aromatic nitrogens is 2. The topological polar surface area (TPSA) is 29.9 Å². The third-order valence-corrected chi connectivity index (χ3v) is 4.60. The molecule has 1 atom stereocenters. The molecule has 1 heterocycles. The summed E-state index contributed by atoms with van der Waals surface area (Å²) < 4.78 is 16.2. The molecule has 1 aromatic heterocycles. The number of hydrogen-bond acceptors (Lipinski definition) is 2. The third kappa shape index (κ3) is 3.71. The van der Waals surface area contributed by atoms with Gasteiger partial charge in [0.1, 0.15) is 5.82 Å². The molecule has 114 valence electrons. The molecule has 1 N–H and O–H groups in total. The lowest BCUT2D eigenvalue weighted by molar-refractivity contribution is 0.514. The molecule has 0 saturated carbocycles. The van der Waals surface area contributed by atoms with Gasteiger partial charge in [0.2, 0.25) is 0 Å². The first kappa shape index (κ1) is 16.2. The van der Waals surface area contributed by atoms with Crippen molar-refractivity contribution in [2.24, 2.45) is 0 Å². The van der Waals surface area contributed by atoms with E-state index in [1.165, 1.54) is 17.8 Å². The van der Waals surface area contributed by atoms with Crippen molar-refractivity contribution in [2.45, 2.75) is 39.8 Å². The lowest BCUT2D eigenvalue weighted by Gasteiger charge is -2.19. The van der Waals surface area contributed by atoms with Crippen molar-refractivity contribution in [3.63, 3.8) is 0 Å². The zero-order valence-electron chi connectivity index (χ0n) is 12.7. The van der Waals surface area contributed by atoms with E-state index in [9.17, 15) is 4.39 Å². The number of nitrogens with one attached hydrogen (secondary N) is 1. The Bertz CT molecular complexity index is 592. The second-order valence-corrected chi connectivity index (χ2v) is 5.82. The minimum Gasteiger partial charge on any atom is -0.310 e. The molecule has 3 nitrogen and oxygen atoms in total. The normalized spacial score (nSPS) is 12.6. The highest BCUT2D eigenvalue weighted by Gasteiger charge is 2.18. The van der Waals surface area contributed by atoms with Gasteiger partial charge in [-0.3, -0.25) is 4.68 Å². The lowest BCUT2D eigenvalue weighted by atomic mass is 10.0. The molecular formula is C16H21BrFN3. The van der Waals surface area contributed by atoms with Crippen LogP contribution in [-0.2, 0) is 13.0 Å². The molecule has 0 amide bonds. The maximum atomic E-state index is 13.1. The average Bonchev–Trinajstić information content (AvgIpc) is 2.75. The van der Waals surface area contributed by atoms with Gasteiger partial charge >= 0.3 is 0 Å². The maximum absolute atomic E-state index is 13.1. The number of aryl methyl sites for hydroxylation is 2. The monoisotopic (exact) mass is 353 g/mol. The first-order chi connectivity index (χ1) is 10.1. The summed E-state index contributed by atoms with van der Waals surface area (Å²) in [5, 5.41) is 8.00. The molecule has 2 rings (SSSR count). The zero-order chi connectivity index (χ0) is 15.4. The Morgan fingerprint density at radius 3 is 2.52 bits per heavy atom. The number of benzene rings is 1. The zero-order valence-corrected chi connectivity index (χ0v) is 14.2. The summed E-state index contributed by atoms with van der Waals surface area (Å²) in [4.78, 5) is 0. The minimum absolute atomic E-state index is 0.147. The van der Waals surface area contributed by atoms with Gasteiger partial charge in [0, 0.05) is 19.0 Å². The Balaban J connectivity index is 2.30. The molecule has 2 aromatic rings. The van der Waals surface area contributed by atoms with Crippen LogP contribution in [0.5, 0.6) is 0 Å². The summed E-state index contributed by atoms with van der Waals surface area (Å²) in [5.41, 5.74) is 3.26. The molecule has 5 heteroatoms. The van der Waals surface area contributed by atoms with Crippen LogP contribution in [-0.4, -0.2) is 16.3 Å². The van der Waals surface area contributed by atoms with Crippen molar-refractivity contribution in [3.05, 3.63) is 51.5 Å². The van der Waals surface area contributed by atoms with Gasteiger partial charge in [0.15, 0.2) is 0 Å². The number of hydrogen-bond donors (Lipinski definition) is 1. The van der Waals surface area contributed by atoms with E-state index >= 15 is 0 Å². The summed E-state index contributed by atoms with van der Waals surface area (Å²) in [6, 6.07) is 6.86. The molecule has 0 aliphatic rings. The van der Waals surface area contributed by atoms with Gasteiger partial charge in [0.25, 0.3) is 0 Å². The Morgan fingerprint density at radius 2 is 1.95 bits per heavy atom. The summed E-state index contributed by atoms with van der Waals surface area (Å²) in [6.45, 7) is 7.86. The van der Waals surface area contributed by atoms with Crippen LogP contribution < -0.4 is 5.32 Å². The van der Waals surface area contributed by atoms with Crippen molar-refractivity contribution in [3.8, 4) is 0 Å². The standard InChI is InChI=1S/C16H21BrFN3/c1-4-19-14(12-6-8-13(18)9-7-12)10-15-16(17)11(3)20-21(15)5-2/h6-9,14,19H,4-5,10H2,1-3H3.